The van der Waals surface area contributed by atoms with E-state index in [1.165, 1.54) is 6.07 Å². The lowest BCUT2D eigenvalue weighted by Crippen LogP contribution is -2.14. The highest BCUT2D eigenvalue weighted by atomic mass is 35.5. The van der Waals surface area contributed by atoms with Crippen LogP contribution >= 0.6 is 23.2 Å². The van der Waals surface area contributed by atoms with Crippen molar-refractivity contribution in [3.8, 4) is 0 Å². The van der Waals surface area contributed by atoms with E-state index in [1.54, 1.807) is 30.3 Å². The largest absolute Gasteiger partial charge is 0.399 e. The predicted molar refractivity (Wildman–Crippen MR) is 79.7 cm³/mol. The van der Waals surface area contributed by atoms with Gasteiger partial charge < -0.3 is 16.8 Å². The molecular weight excluding hydrogens is 285 g/mol. The molecule has 0 aromatic heterocycles. The average Bonchev–Trinajstić information content (AvgIpc) is 2.32. The second-order valence-corrected chi connectivity index (χ2v) is 4.77. The summed E-state index contributed by atoms with van der Waals surface area (Å²) in [5, 5.41) is 3.52. The Hall–Kier alpha value is -1.91. The standard InChI is InChI=1S/C13H11Cl2N3O/c14-7-1-4-12(10(15)5-7)18-13(19)9-3-2-8(16)6-11(9)17/h1-6H,16-17H2,(H,18,19). The number of nitrogens with one attached hydrogen (secondary N) is 1. The molecule has 5 N–H and O–H groups in total. The van der Waals surface area contributed by atoms with E-state index in [0.29, 0.717) is 32.7 Å². The van der Waals surface area contributed by atoms with Crippen molar-refractivity contribution < 1.29 is 4.79 Å². The third kappa shape index (κ3) is 3.10. The molecule has 4 nitrogen and oxygen atoms in total. The van der Waals surface area contributed by atoms with E-state index in [1.807, 2.05) is 0 Å². The average molecular weight is 296 g/mol. The van der Waals surface area contributed by atoms with Gasteiger partial charge >= 0.3 is 0 Å². The predicted octanol–water partition coefficient (Wildman–Crippen LogP) is 3.41. The van der Waals surface area contributed by atoms with Gasteiger partial charge in [-0.2, -0.15) is 0 Å². The van der Waals surface area contributed by atoms with Crippen molar-refractivity contribution in [3.63, 3.8) is 0 Å². The normalized spacial score (nSPS) is 10.2. The number of anilines is 3. The highest BCUT2D eigenvalue weighted by Crippen LogP contribution is 2.26. The monoisotopic (exact) mass is 295 g/mol. The number of hydrogen-bond donors (Lipinski definition) is 3. The van der Waals surface area contributed by atoms with Crippen LogP contribution in [0.1, 0.15) is 10.4 Å². The van der Waals surface area contributed by atoms with Gasteiger partial charge in [0.05, 0.1) is 16.3 Å². The topological polar surface area (TPSA) is 81.1 Å². The summed E-state index contributed by atoms with van der Waals surface area (Å²) in [5.41, 5.74) is 12.9. The van der Waals surface area contributed by atoms with Crippen LogP contribution in [0.3, 0.4) is 0 Å². The van der Waals surface area contributed by atoms with Gasteiger partial charge in [-0.15, -0.1) is 0 Å². The zero-order valence-electron chi connectivity index (χ0n) is 9.78. The Morgan fingerprint density at radius 3 is 2.42 bits per heavy atom. The highest BCUT2D eigenvalue weighted by Gasteiger charge is 2.11. The molecule has 0 saturated carbocycles. The summed E-state index contributed by atoms with van der Waals surface area (Å²) in [6.45, 7) is 0. The number of carbonyl (C=O) groups is 1. The van der Waals surface area contributed by atoms with Crippen molar-refractivity contribution in [2.24, 2.45) is 0 Å². The van der Waals surface area contributed by atoms with Crippen LogP contribution in [0.5, 0.6) is 0 Å². The molecule has 0 aliphatic carbocycles. The second-order valence-electron chi connectivity index (χ2n) is 3.92. The summed E-state index contributed by atoms with van der Waals surface area (Å²) < 4.78 is 0. The first kappa shape index (κ1) is 13.5. The fourth-order valence-electron chi connectivity index (χ4n) is 1.57. The molecule has 0 saturated heterocycles. The maximum Gasteiger partial charge on any atom is 0.257 e. The maximum atomic E-state index is 12.1. The van der Waals surface area contributed by atoms with E-state index < -0.39 is 0 Å². The lowest BCUT2D eigenvalue weighted by molar-refractivity contribution is 0.102. The van der Waals surface area contributed by atoms with Gasteiger partial charge in [-0.3, -0.25) is 4.79 Å². The molecule has 0 radical (unpaired) electrons. The number of halogens is 2. The van der Waals surface area contributed by atoms with Crippen LogP contribution in [-0.2, 0) is 0 Å². The summed E-state index contributed by atoms with van der Waals surface area (Å²) in [5.74, 6) is -0.360. The molecule has 0 fully saturated rings. The third-order valence-electron chi connectivity index (χ3n) is 2.50. The van der Waals surface area contributed by atoms with Crippen molar-refractivity contribution in [3.05, 3.63) is 52.0 Å². The van der Waals surface area contributed by atoms with Crippen molar-refractivity contribution in [1.82, 2.24) is 0 Å². The third-order valence-corrected chi connectivity index (χ3v) is 3.05. The molecule has 0 aliphatic heterocycles. The summed E-state index contributed by atoms with van der Waals surface area (Å²) in [4.78, 5) is 12.1. The van der Waals surface area contributed by atoms with Gasteiger partial charge in [-0.1, -0.05) is 23.2 Å². The van der Waals surface area contributed by atoms with Gasteiger partial charge in [0.1, 0.15) is 0 Å². The molecular formula is C13H11Cl2N3O. The Kier molecular flexibility index (Phi) is 3.83. The van der Waals surface area contributed by atoms with Gasteiger partial charge in [-0.25, -0.2) is 0 Å². The Labute approximate surface area is 120 Å². The molecule has 0 spiro atoms. The molecule has 0 aliphatic rings. The Morgan fingerprint density at radius 2 is 1.79 bits per heavy atom. The zero-order valence-corrected chi connectivity index (χ0v) is 11.3. The van der Waals surface area contributed by atoms with Crippen LogP contribution in [-0.4, -0.2) is 5.91 Å². The molecule has 6 heteroatoms. The van der Waals surface area contributed by atoms with Crippen molar-refractivity contribution in [2.75, 3.05) is 16.8 Å². The second kappa shape index (κ2) is 5.38. The van der Waals surface area contributed by atoms with Crippen molar-refractivity contribution in [1.29, 1.82) is 0 Å². The molecule has 2 aromatic carbocycles. The lowest BCUT2D eigenvalue weighted by Gasteiger charge is -2.09. The molecule has 0 atom stereocenters. The van der Waals surface area contributed by atoms with E-state index in [4.69, 9.17) is 34.7 Å². The van der Waals surface area contributed by atoms with E-state index in [2.05, 4.69) is 5.32 Å². The van der Waals surface area contributed by atoms with Gasteiger partial charge in [0.2, 0.25) is 0 Å². The maximum absolute atomic E-state index is 12.1. The molecule has 0 bridgehead atoms. The van der Waals surface area contributed by atoms with E-state index >= 15 is 0 Å². The van der Waals surface area contributed by atoms with E-state index in [9.17, 15) is 4.79 Å². The van der Waals surface area contributed by atoms with Crippen LogP contribution in [0.2, 0.25) is 10.0 Å². The molecule has 98 valence electrons. The number of nitrogen functional groups attached to an aromatic ring is 2. The molecule has 2 aromatic rings. The number of carbonyl (C=O) groups excluding carboxylic acids is 1. The number of benzene rings is 2. The lowest BCUT2D eigenvalue weighted by atomic mass is 10.1. The zero-order chi connectivity index (χ0) is 14.0. The first-order chi connectivity index (χ1) is 8.97. The Bertz CT molecular complexity index is 644. The number of hydrogen-bond acceptors (Lipinski definition) is 3. The van der Waals surface area contributed by atoms with Crippen LogP contribution < -0.4 is 16.8 Å². The number of nitrogens with two attached hydrogens (primary N) is 2. The Balaban J connectivity index is 2.25. The number of amides is 1. The molecule has 19 heavy (non-hydrogen) atoms. The minimum atomic E-state index is -0.360. The SMILES string of the molecule is Nc1ccc(C(=O)Nc2ccc(Cl)cc2Cl)c(N)c1. The molecule has 2 rings (SSSR count). The molecule has 0 heterocycles. The minimum Gasteiger partial charge on any atom is -0.399 e. The van der Waals surface area contributed by atoms with Crippen LogP contribution in [0.4, 0.5) is 17.1 Å². The van der Waals surface area contributed by atoms with Gasteiger partial charge in [0, 0.05) is 16.4 Å². The fourth-order valence-corrected chi connectivity index (χ4v) is 2.02. The summed E-state index contributed by atoms with van der Waals surface area (Å²) in [7, 11) is 0. The number of rotatable bonds is 2. The minimum absolute atomic E-state index is 0.308. The highest BCUT2D eigenvalue weighted by molar-refractivity contribution is 6.36. The molecule has 0 unspecified atom stereocenters. The molecule has 1 amide bonds. The van der Waals surface area contributed by atoms with Crippen LogP contribution in [0.25, 0.3) is 0 Å². The van der Waals surface area contributed by atoms with E-state index in [-0.39, 0.29) is 5.91 Å². The fraction of sp³-hybridized carbons (Fsp3) is 0. The summed E-state index contributed by atoms with van der Waals surface area (Å²) in [6.07, 6.45) is 0. The first-order valence-electron chi connectivity index (χ1n) is 5.39. The van der Waals surface area contributed by atoms with Crippen molar-refractivity contribution in [2.45, 2.75) is 0 Å². The smallest absolute Gasteiger partial charge is 0.257 e. The quantitative estimate of drug-likeness (QED) is 0.743. The van der Waals surface area contributed by atoms with Crippen molar-refractivity contribution >= 4 is 46.2 Å². The summed E-state index contributed by atoms with van der Waals surface area (Å²) in [6, 6.07) is 9.49. The van der Waals surface area contributed by atoms with Crippen LogP contribution in [0.15, 0.2) is 36.4 Å². The van der Waals surface area contributed by atoms with Gasteiger partial charge in [-0.05, 0) is 36.4 Å². The van der Waals surface area contributed by atoms with Gasteiger partial charge in [0.25, 0.3) is 5.91 Å². The van der Waals surface area contributed by atoms with Crippen LogP contribution in [0, 0.1) is 0 Å². The summed E-state index contributed by atoms with van der Waals surface area (Å²) >= 11 is 11.8. The van der Waals surface area contributed by atoms with Gasteiger partial charge in [0.15, 0.2) is 0 Å². The van der Waals surface area contributed by atoms with E-state index in [0.717, 1.165) is 0 Å². The Morgan fingerprint density at radius 1 is 1.05 bits per heavy atom. The first-order valence-corrected chi connectivity index (χ1v) is 6.14.